The Hall–Kier alpha value is -3.18. The molecule has 1 fully saturated rings. The van der Waals surface area contributed by atoms with Crippen LogP contribution in [-0.4, -0.2) is 50.0 Å². The molecule has 31 heavy (non-hydrogen) atoms. The SMILES string of the molecule is CC(=O)NC=CSC1=C(C(=O)O)N2C(=O)[C@@H]([C@H](C)O)[C@@H]2C1Cc1ccc([N+](=O)[O-])cc1. The number of β-lactam (4-membered cyclic amide) rings is 1. The summed E-state index contributed by atoms with van der Waals surface area (Å²) in [5.41, 5.74) is 0.526. The van der Waals surface area contributed by atoms with Crippen molar-refractivity contribution >= 4 is 35.2 Å². The first-order chi connectivity index (χ1) is 14.6. The van der Waals surface area contributed by atoms with Crippen LogP contribution in [0.1, 0.15) is 19.4 Å². The molecular weight excluding hydrogens is 426 g/mol. The fraction of sp³-hybridized carbons (Fsp3) is 0.350. The van der Waals surface area contributed by atoms with Gasteiger partial charge in [-0.05, 0) is 24.3 Å². The summed E-state index contributed by atoms with van der Waals surface area (Å²) in [4.78, 5) is 47.7. The van der Waals surface area contributed by atoms with E-state index in [1.165, 1.54) is 42.5 Å². The average molecular weight is 447 g/mol. The van der Waals surface area contributed by atoms with Crippen LogP contribution in [0, 0.1) is 22.0 Å². The summed E-state index contributed by atoms with van der Waals surface area (Å²) in [7, 11) is 0. The first-order valence-electron chi connectivity index (χ1n) is 9.44. The first-order valence-corrected chi connectivity index (χ1v) is 10.3. The molecule has 0 aliphatic carbocycles. The highest BCUT2D eigenvalue weighted by molar-refractivity contribution is 8.05. The van der Waals surface area contributed by atoms with Crippen molar-refractivity contribution in [1.82, 2.24) is 10.2 Å². The molecule has 1 saturated heterocycles. The van der Waals surface area contributed by atoms with E-state index in [1.807, 2.05) is 0 Å². The zero-order valence-electron chi connectivity index (χ0n) is 16.7. The number of nitrogens with zero attached hydrogens (tertiary/aromatic N) is 2. The molecule has 11 heteroatoms. The van der Waals surface area contributed by atoms with Gasteiger partial charge in [0.05, 0.1) is 23.0 Å². The van der Waals surface area contributed by atoms with Crippen LogP contribution >= 0.6 is 11.8 Å². The molecule has 1 aromatic carbocycles. The number of carbonyl (C=O) groups is 3. The van der Waals surface area contributed by atoms with Crippen LogP contribution in [0.4, 0.5) is 5.69 Å². The lowest BCUT2D eigenvalue weighted by atomic mass is 9.76. The number of rotatable bonds is 8. The molecule has 0 radical (unpaired) electrons. The van der Waals surface area contributed by atoms with Crippen LogP contribution in [0.5, 0.6) is 0 Å². The number of aliphatic hydroxyl groups excluding tert-OH is 1. The number of benzene rings is 1. The number of fused-ring (bicyclic) bond motifs is 1. The quantitative estimate of drug-likeness (QED) is 0.309. The third-order valence-electron chi connectivity index (χ3n) is 5.29. The summed E-state index contributed by atoms with van der Waals surface area (Å²) >= 11 is 1.08. The number of hydrogen-bond donors (Lipinski definition) is 3. The predicted octanol–water partition coefficient (Wildman–Crippen LogP) is 1.61. The molecule has 3 rings (SSSR count). The molecular formula is C20H21N3O7S. The highest BCUT2D eigenvalue weighted by atomic mass is 32.2. The number of non-ortho nitro benzene ring substituents is 1. The maximum Gasteiger partial charge on any atom is 0.353 e. The van der Waals surface area contributed by atoms with Gasteiger partial charge in [0.15, 0.2) is 0 Å². The zero-order valence-corrected chi connectivity index (χ0v) is 17.5. The minimum atomic E-state index is -1.26. The Balaban J connectivity index is 1.96. The third kappa shape index (κ3) is 4.32. The van der Waals surface area contributed by atoms with E-state index in [4.69, 9.17) is 0 Å². The van der Waals surface area contributed by atoms with Crippen molar-refractivity contribution < 1.29 is 29.5 Å². The highest BCUT2D eigenvalue weighted by Gasteiger charge is 2.61. The Morgan fingerprint density at radius 2 is 2.00 bits per heavy atom. The number of carboxylic acid groups (broad SMARTS) is 1. The third-order valence-corrected chi connectivity index (χ3v) is 6.31. The minimum absolute atomic E-state index is 0.0629. The van der Waals surface area contributed by atoms with E-state index in [1.54, 1.807) is 12.1 Å². The molecule has 3 N–H and O–H groups in total. The van der Waals surface area contributed by atoms with Crippen LogP contribution in [0.15, 0.2) is 46.5 Å². The van der Waals surface area contributed by atoms with Gasteiger partial charge < -0.3 is 20.4 Å². The van der Waals surface area contributed by atoms with Crippen LogP contribution in [0.25, 0.3) is 0 Å². The molecule has 2 aliphatic heterocycles. The normalized spacial score (nSPS) is 23.5. The summed E-state index contributed by atoms with van der Waals surface area (Å²) < 4.78 is 0. The maximum absolute atomic E-state index is 12.6. The Bertz CT molecular complexity index is 987. The second-order valence-electron chi connectivity index (χ2n) is 7.34. The summed E-state index contributed by atoms with van der Waals surface area (Å²) in [6, 6.07) is 5.38. The number of thioether (sulfide) groups is 1. The fourth-order valence-electron chi connectivity index (χ4n) is 3.99. The van der Waals surface area contributed by atoms with E-state index in [0.29, 0.717) is 11.3 Å². The van der Waals surface area contributed by atoms with Gasteiger partial charge in [0.25, 0.3) is 5.69 Å². The standard InChI is InChI=1S/C20H21N3O7S/c1-10(24)15-16-14(9-12-3-5-13(6-4-12)23(29)30)18(31-8-7-21-11(2)25)17(20(27)28)22(16)19(15)26/h3-8,10,14-16,24H,9H2,1-2H3,(H,21,25)(H,27,28)/t10-,14?,15-,16-/m0/s1. The zero-order chi connectivity index (χ0) is 22.9. The van der Waals surface area contributed by atoms with E-state index in [-0.39, 0.29) is 17.3 Å². The van der Waals surface area contributed by atoms with Gasteiger partial charge in [-0.3, -0.25) is 19.7 Å². The number of aliphatic hydroxyl groups is 1. The van der Waals surface area contributed by atoms with Gasteiger partial charge in [-0.1, -0.05) is 23.9 Å². The van der Waals surface area contributed by atoms with Gasteiger partial charge in [0.2, 0.25) is 11.8 Å². The monoisotopic (exact) mass is 447 g/mol. The lowest BCUT2D eigenvalue weighted by molar-refractivity contribution is -0.384. The Morgan fingerprint density at radius 1 is 1.35 bits per heavy atom. The Labute approximate surface area is 181 Å². The lowest BCUT2D eigenvalue weighted by Crippen LogP contribution is -2.64. The van der Waals surface area contributed by atoms with Crippen molar-refractivity contribution in [3.05, 3.63) is 62.2 Å². The second-order valence-corrected chi connectivity index (χ2v) is 8.29. The van der Waals surface area contributed by atoms with Gasteiger partial charge in [-0.25, -0.2) is 4.79 Å². The van der Waals surface area contributed by atoms with Crippen LogP contribution in [-0.2, 0) is 20.8 Å². The number of nitrogens with one attached hydrogen (secondary N) is 1. The summed E-state index contributed by atoms with van der Waals surface area (Å²) in [5.74, 6) is -3.17. The molecule has 0 spiro atoms. The molecule has 2 amide bonds. The van der Waals surface area contributed by atoms with E-state index >= 15 is 0 Å². The molecule has 10 nitrogen and oxygen atoms in total. The fourth-order valence-corrected chi connectivity index (χ4v) is 4.97. The Morgan fingerprint density at radius 3 is 2.52 bits per heavy atom. The smallest absolute Gasteiger partial charge is 0.353 e. The first kappa shape index (κ1) is 22.5. The van der Waals surface area contributed by atoms with Crippen molar-refractivity contribution in [2.24, 2.45) is 11.8 Å². The molecule has 0 bridgehead atoms. The molecule has 0 aromatic heterocycles. The topological polar surface area (TPSA) is 150 Å². The lowest BCUT2D eigenvalue weighted by Gasteiger charge is -2.47. The number of nitro groups is 1. The largest absolute Gasteiger partial charge is 0.477 e. The van der Waals surface area contributed by atoms with Crippen molar-refractivity contribution in [2.45, 2.75) is 32.4 Å². The molecule has 1 unspecified atom stereocenters. The average Bonchev–Trinajstić information content (AvgIpc) is 2.95. The van der Waals surface area contributed by atoms with Crippen LogP contribution in [0.3, 0.4) is 0 Å². The van der Waals surface area contributed by atoms with Gasteiger partial charge in [-0.15, -0.1) is 0 Å². The summed E-state index contributed by atoms with van der Waals surface area (Å²) in [5, 5.41) is 34.8. The number of hydrogen-bond acceptors (Lipinski definition) is 7. The highest BCUT2D eigenvalue weighted by Crippen LogP contribution is 2.52. The number of aliphatic carboxylic acids is 1. The van der Waals surface area contributed by atoms with Crippen molar-refractivity contribution in [2.75, 3.05) is 0 Å². The van der Waals surface area contributed by atoms with E-state index in [0.717, 1.165) is 17.3 Å². The molecule has 4 atom stereocenters. The van der Waals surface area contributed by atoms with Crippen molar-refractivity contribution in [3.8, 4) is 0 Å². The number of amides is 2. The van der Waals surface area contributed by atoms with Crippen LogP contribution in [0.2, 0.25) is 0 Å². The molecule has 1 aromatic rings. The number of carbonyl (C=O) groups excluding carboxylic acids is 2. The van der Waals surface area contributed by atoms with Gasteiger partial charge in [0, 0.05) is 36.1 Å². The second kappa shape index (κ2) is 8.90. The molecule has 164 valence electrons. The molecule has 2 heterocycles. The number of carboxylic acids is 1. The van der Waals surface area contributed by atoms with Crippen molar-refractivity contribution in [3.63, 3.8) is 0 Å². The van der Waals surface area contributed by atoms with Gasteiger partial charge in [0.1, 0.15) is 5.70 Å². The van der Waals surface area contributed by atoms with E-state index in [2.05, 4.69) is 5.32 Å². The Kier molecular flexibility index (Phi) is 6.46. The molecule has 2 aliphatic rings. The summed E-state index contributed by atoms with van der Waals surface area (Å²) in [6.07, 6.45) is 0.747. The maximum atomic E-state index is 12.6. The predicted molar refractivity (Wildman–Crippen MR) is 111 cm³/mol. The number of nitro benzene ring substituents is 1. The van der Waals surface area contributed by atoms with Gasteiger partial charge in [-0.2, -0.15) is 0 Å². The molecule has 0 saturated carbocycles. The van der Waals surface area contributed by atoms with E-state index < -0.39 is 40.8 Å². The van der Waals surface area contributed by atoms with Crippen molar-refractivity contribution in [1.29, 1.82) is 0 Å². The van der Waals surface area contributed by atoms with Crippen LogP contribution < -0.4 is 5.32 Å². The van der Waals surface area contributed by atoms with E-state index in [9.17, 15) is 34.7 Å². The van der Waals surface area contributed by atoms with Gasteiger partial charge >= 0.3 is 5.97 Å². The minimum Gasteiger partial charge on any atom is -0.477 e. The summed E-state index contributed by atoms with van der Waals surface area (Å²) in [6.45, 7) is 2.83.